The van der Waals surface area contributed by atoms with E-state index in [0.29, 0.717) is 12.8 Å². The van der Waals surface area contributed by atoms with Crippen molar-refractivity contribution in [1.29, 1.82) is 0 Å². The van der Waals surface area contributed by atoms with Crippen LogP contribution in [0.15, 0.2) is 102 Å². The van der Waals surface area contributed by atoms with Gasteiger partial charge in [-0.25, -0.2) is 22.7 Å². The third kappa shape index (κ3) is 22.9. The molecule has 38 nitrogen and oxygen atoms in total. The number of carbonyl (C=O) groups is 9. The van der Waals surface area contributed by atoms with Crippen LogP contribution in [0.3, 0.4) is 0 Å². The lowest BCUT2D eigenvalue weighted by Gasteiger charge is -2.48. The number of unbranched alkanes of at least 4 members (excludes halogenated alkanes) is 4. The number of nitrogens with two attached hydrogens (primary N) is 1. The number of rotatable bonds is 29. The summed E-state index contributed by atoms with van der Waals surface area (Å²) in [7, 11) is -2.39. The first-order chi connectivity index (χ1) is 61.3. The van der Waals surface area contributed by atoms with Crippen LogP contribution in [0.4, 0.5) is 4.79 Å². The predicted octanol–water partition coefficient (Wildman–Crippen LogP) is 3.84. The molecule has 18 atom stereocenters. The quantitative estimate of drug-likeness (QED) is 0.0297. The van der Waals surface area contributed by atoms with Crippen LogP contribution in [0.25, 0.3) is 11.1 Å². The second-order valence-corrected chi connectivity index (χ2v) is 36.3. The number of fused-ring (bicyclic) bond motifs is 15. The van der Waals surface area contributed by atoms with Crippen molar-refractivity contribution in [1.82, 2.24) is 57.9 Å². The molecule has 1 aliphatic carbocycles. The van der Waals surface area contributed by atoms with Gasteiger partial charge in [-0.3, -0.25) is 33.6 Å². The summed E-state index contributed by atoms with van der Waals surface area (Å²) in [6, 6.07) is 5.85. The van der Waals surface area contributed by atoms with Gasteiger partial charge in [-0.1, -0.05) is 82.0 Å². The topological polar surface area (TPSA) is 584 Å². The highest BCUT2D eigenvalue weighted by atomic mass is 35.5. The molecular weight excluding hydrogens is 1720 g/mol. The van der Waals surface area contributed by atoms with Crippen LogP contribution in [0.5, 0.6) is 40.2 Å². The minimum Gasteiger partial charge on any atom is -0.508 e. The molecule has 3 fully saturated rings. The Kier molecular flexibility index (Phi) is 31.6. The van der Waals surface area contributed by atoms with Gasteiger partial charge >= 0.3 is 12.0 Å². The van der Waals surface area contributed by atoms with Gasteiger partial charge < -0.3 is 133 Å². The Labute approximate surface area is 749 Å². The summed E-state index contributed by atoms with van der Waals surface area (Å²) in [6.07, 6.45) is -12.0. The van der Waals surface area contributed by atoms with Gasteiger partial charge in [0.15, 0.2) is 29.9 Å². The number of aliphatic hydroxyl groups is 6. The van der Waals surface area contributed by atoms with Crippen molar-refractivity contribution >= 4 is 75.0 Å². The van der Waals surface area contributed by atoms with Crippen molar-refractivity contribution in [3.8, 4) is 51.4 Å². The lowest BCUT2D eigenvalue weighted by atomic mass is 9.85. The molecular formula is C89H113ClN12O26S. The van der Waals surface area contributed by atoms with E-state index in [-0.39, 0.29) is 111 Å². The molecule has 1 saturated carbocycles. The number of primary amides is 1. The molecule has 129 heavy (non-hydrogen) atoms. The van der Waals surface area contributed by atoms with E-state index in [0.717, 1.165) is 93.0 Å². The van der Waals surface area contributed by atoms with Crippen LogP contribution >= 0.6 is 11.6 Å². The molecule has 6 aromatic carbocycles. The summed E-state index contributed by atoms with van der Waals surface area (Å²) in [5, 5.41) is 134. The Morgan fingerprint density at radius 3 is 2.02 bits per heavy atom. The molecule has 0 radical (unpaired) electrons. The monoisotopic (exact) mass is 1830 g/mol. The molecule has 22 N–H and O–H groups in total. The van der Waals surface area contributed by atoms with Gasteiger partial charge in [-0.15, -0.1) is 0 Å². The van der Waals surface area contributed by atoms with E-state index in [9.17, 15) is 73.6 Å². The molecule has 11 bridgehead atoms. The lowest BCUT2D eigenvalue weighted by molar-refractivity contribution is -0.334. The Morgan fingerprint density at radius 1 is 0.705 bits per heavy atom. The van der Waals surface area contributed by atoms with Crippen LogP contribution < -0.4 is 77.8 Å². The minimum absolute atomic E-state index is 0.0459. The third-order valence-electron chi connectivity index (χ3n) is 23.8. The number of ether oxygens (including phenoxy) is 6. The van der Waals surface area contributed by atoms with Crippen LogP contribution in [0, 0.1) is 19.8 Å². The van der Waals surface area contributed by atoms with Gasteiger partial charge in [0.05, 0.1) is 40.6 Å². The molecule has 8 aliphatic rings. The molecule has 6 aromatic rings. The standard InChI is InChI=1S/C89H113ClN12O26S/c1-9-10-11-12-15-45-16-23-51(24-17-45)129(121,122)94-29-14-13-28-93-39-54-43(5)67-52-32-46(18-25-58(52)104)68-82(114)101-72(85(117)99-70(86(118)119)53(67)36-59(54)105)74(108)48-20-27-61(55(90)33-48)125-63-35-49-34-62(77(63)128-87-78(76(110)75(109)64(40-103)126-87)127-66-38-89(7,79(111)44(6)123-66)102-88(120)95-50-21-22-50)124-60-26-19-47(31-42(60)4)73(107)71(100-80(112)56(92-8)30-41(2)3)84(116)96-57(37-65(91)106)81(113)97-69(49)83(115)98-68/h16-20,23-27,31-36,41,44,50,56-57,64,66,68-76,78-79,87,92-94,103-105,107-111H,9-15,21-22,28-30,37-40H2,1-8H3,(H2,91,106)(H,96,116)(H,97,113)(H,98,115)(H,99,117)(H,100,112)(H,101,114)(H,118,119)(H2,95,102,120)/t44-,56+,57-,64+,66-,68+,69+,70-,71+,72-,73+,74+,75+,76-,78+,79+,87-,89-/m0/s1. The average Bonchev–Trinajstić information content (AvgIpc) is 1.30. The van der Waals surface area contributed by atoms with E-state index in [1.165, 1.54) is 65.1 Å². The molecule has 7 aliphatic heterocycles. The van der Waals surface area contributed by atoms with Crippen LogP contribution in [0.1, 0.15) is 186 Å². The van der Waals surface area contributed by atoms with Gasteiger partial charge in [-0.05, 0) is 209 Å². The highest BCUT2D eigenvalue weighted by molar-refractivity contribution is 7.89. The number of phenols is 2. The van der Waals surface area contributed by atoms with E-state index in [2.05, 4.69) is 64.8 Å². The Bertz CT molecular complexity index is 5280. The first-order valence-corrected chi connectivity index (χ1v) is 44.8. The maximum atomic E-state index is 16.5. The number of urea groups is 1. The number of aliphatic carboxylic acids is 1. The molecule has 7 heterocycles. The molecule has 40 heteroatoms. The predicted molar refractivity (Wildman–Crippen MR) is 463 cm³/mol. The number of aryl methyl sites for hydroxylation is 2. The maximum Gasteiger partial charge on any atom is 0.330 e. The lowest BCUT2D eigenvalue weighted by Crippen LogP contribution is -2.67. The average molecular weight is 1830 g/mol. The molecule has 0 aromatic heterocycles. The molecule has 0 spiro atoms. The first-order valence-electron chi connectivity index (χ1n) is 42.9. The zero-order valence-corrected chi connectivity index (χ0v) is 73.9. The number of sulfonamides is 1. The maximum absolute atomic E-state index is 16.5. The van der Waals surface area contributed by atoms with Crippen LogP contribution in [0.2, 0.25) is 5.02 Å². The summed E-state index contributed by atoms with van der Waals surface area (Å²) < 4.78 is 68.8. The Balaban J connectivity index is 0.995. The van der Waals surface area contributed by atoms with Crippen molar-refractivity contribution in [2.24, 2.45) is 11.7 Å². The number of phenolic OH excluding ortho intramolecular Hbond substituents is 2. The summed E-state index contributed by atoms with van der Waals surface area (Å²) in [4.78, 5) is 134. The number of benzene rings is 6. The van der Waals surface area contributed by atoms with Crippen LogP contribution in [-0.4, -0.2) is 219 Å². The van der Waals surface area contributed by atoms with Crippen molar-refractivity contribution in [2.75, 3.05) is 26.7 Å². The number of hydrogen-bond donors (Lipinski definition) is 21. The Hall–Kier alpha value is -10.9. The number of halogens is 1. The summed E-state index contributed by atoms with van der Waals surface area (Å²) in [5.74, 6) is -14.2. The number of hydrogen-bond acceptors (Lipinski definition) is 27. The first kappa shape index (κ1) is 97.2. The SMILES string of the molecule is CCCCCCc1ccc(S(=O)(=O)NCCCCNCc2c(O)cc3c(c2C)-c2cc(ccc2O)[C@H]2NC(=O)[C@@H]4NC(=O)[C@H](CC(N)=O)NC(=O)[C@H](NC(=O)[C@@H](CC(C)C)NC)[C@H](O)c5ccc(c(C)c5)Oc5cc4cc(c5O[C@@H]4O[C@H](CO)[C@@H](O)[C@H](O)[C@H]4O[C@H]4C[C@](C)(NC(=O)NC5CC5)[C@H](O)[C@H](C)O4)Oc4ccc(cc4Cl)[C@@H](O)[C@H](NC2=O)C(=O)N[C@@H]3C(=O)O)cc1. The number of aliphatic hydroxyl groups excluding tert-OH is 6. The number of nitrogens with one attached hydrogen (secondary N) is 11. The van der Waals surface area contributed by atoms with Crippen molar-refractivity contribution in [2.45, 2.75) is 252 Å². The molecule has 9 amide bonds. The van der Waals surface area contributed by atoms with E-state index in [4.69, 9.17) is 45.8 Å². The smallest absolute Gasteiger partial charge is 0.330 e. The van der Waals surface area contributed by atoms with Crippen LogP contribution in [-0.2, 0) is 75.6 Å². The second-order valence-electron chi connectivity index (χ2n) is 34.1. The largest absolute Gasteiger partial charge is 0.508 e. The normalized spacial score (nSPS) is 26.2. The molecule has 698 valence electrons. The summed E-state index contributed by atoms with van der Waals surface area (Å²) >= 11 is 7.22. The molecule has 0 unspecified atom stereocenters. The van der Waals surface area contributed by atoms with E-state index in [1.807, 2.05) is 13.8 Å². The van der Waals surface area contributed by atoms with E-state index < -0.39 is 225 Å². The van der Waals surface area contributed by atoms with E-state index >= 15 is 24.0 Å². The van der Waals surface area contributed by atoms with Crippen molar-refractivity contribution < 1.29 is 126 Å². The Morgan fingerprint density at radius 2 is 1.36 bits per heavy atom. The fraction of sp³-hybridized carbons (Fsp3) is 0.494. The van der Waals surface area contributed by atoms with Gasteiger partial charge in [-0.2, -0.15) is 0 Å². The minimum atomic E-state index is -3.88. The van der Waals surface area contributed by atoms with Crippen molar-refractivity contribution in [3.63, 3.8) is 0 Å². The van der Waals surface area contributed by atoms with Gasteiger partial charge in [0, 0.05) is 36.7 Å². The number of carboxylic acid groups (broad SMARTS) is 1. The number of amides is 9. The highest BCUT2D eigenvalue weighted by Gasteiger charge is 2.53. The van der Waals surface area contributed by atoms with Gasteiger partial charge in [0.1, 0.15) is 89.8 Å². The fourth-order valence-electron chi connectivity index (χ4n) is 16.5. The summed E-state index contributed by atoms with van der Waals surface area (Å²) in [5.41, 5.74) is 3.89. The molecule has 2 saturated heterocycles. The summed E-state index contributed by atoms with van der Waals surface area (Å²) in [6.45, 7) is 10.9. The number of likely N-dealkylation sites (N-methyl/N-ethyl adjacent to an activating group) is 1. The van der Waals surface area contributed by atoms with Crippen molar-refractivity contribution in [3.05, 3.63) is 152 Å². The van der Waals surface area contributed by atoms with Gasteiger partial charge in [0.25, 0.3) is 0 Å². The highest BCUT2D eigenvalue weighted by Crippen LogP contribution is 2.50. The number of carboxylic acids is 1. The second kappa shape index (κ2) is 41.9. The number of carbonyl (C=O) groups excluding carboxylic acids is 8. The van der Waals surface area contributed by atoms with Gasteiger partial charge in [0.2, 0.25) is 63.4 Å². The zero-order chi connectivity index (χ0) is 93.4. The third-order valence-corrected chi connectivity index (χ3v) is 25.6. The molecule has 14 rings (SSSR count). The number of aromatic hydroxyl groups is 2. The fourth-order valence-corrected chi connectivity index (χ4v) is 17.8. The zero-order valence-electron chi connectivity index (χ0n) is 72.3. The van der Waals surface area contributed by atoms with E-state index in [1.54, 1.807) is 24.3 Å².